The van der Waals surface area contributed by atoms with Crippen LogP contribution in [-0.4, -0.2) is 21.0 Å². The number of ether oxygens (including phenoxy) is 1. The minimum absolute atomic E-state index is 0.0375. The van der Waals surface area contributed by atoms with Crippen LogP contribution in [0.2, 0.25) is 0 Å². The van der Waals surface area contributed by atoms with Gasteiger partial charge in [0.15, 0.2) is 0 Å². The molecule has 0 bridgehead atoms. The van der Waals surface area contributed by atoms with E-state index in [-0.39, 0.29) is 17.1 Å². The smallest absolute Gasteiger partial charge is 0.293 e. The summed E-state index contributed by atoms with van der Waals surface area (Å²) in [6, 6.07) is 21.0. The van der Waals surface area contributed by atoms with Gasteiger partial charge in [-0.05, 0) is 47.2 Å². The molecule has 166 valence electrons. The fourth-order valence-electron chi connectivity index (χ4n) is 3.18. The zero-order valence-corrected chi connectivity index (χ0v) is 19.5. The van der Waals surface area contributed by atoms with Crippen LogP contribution in [0.3, 0.4) is 0 Å². The summed E-state index contributed by atoms with van der Waals surface area (Å²) in [5, 5.41) is 10.4. The lowest BCUT2D eigenvalue weighted by atomic mass is 10.1. The van der Waals surface area contributed by atoms with Gasteiger partial charge in [-0.25, -0.2) is 0 Å². The fourth-order valence-corrected chi connectivity index (χ4v) is 4.39. The molecule has 9 heteroatoms. The van der Waals surface area contributed by atoms with Gasteiger partial charge < -0.3 is 4.74 Å². The van der Waals surface area contributed by atoms with Gasteiger partial charge >= 0.3 is 0 Å². The van der Waals surface area contributed by atoms with E-state index < -0.39 is 16.1 Å². The van der Waals surface area contributed by atoms with Crippen LogP contribution < -0.4 is 4.74 Å². The van der Waals surface area contributed by atoms with E-state index in [9.17, 15) is 19.7 Å². The molecule has 1 aliphatic heterocycles. The van der Waals surface area contributed by atoms with Crippen molar-refractivity contribution in [3.63, 3.8) is 0 Å². The molecule has 0 atom stereocenters. The maximum atomic E-state index is 12.9. The molecule has 1 aliphatic rings. The van der Waals surface area contributed by atoms with Gasteiger partial charge in [-0.3, -0.25) is 24.6 Å². The molecule has 2 amide bonds. The number of benzene rings is 3. The van der Waals surface area contributed by atoms with Crippen molar-refractivity contribution >= 4 is 50.6 Å². The van der Waals surface area contributed by atoms with E-state index in [0.717, 1.165) is 26.7 Å². The van der Waals surface area contributed by atoms with Gasteiger partial charge in [0.05, 0.1) is 16.4 Å². The lowest BCUT2D eigenvalue weighted by Gasteiger charge is -2.12. The summed E-state index contributed by atoms with van der Waals surface area (Å²) in [5.74, 6) is 0.168. The minimum Gasteiger partial charge on any atom is -0.488 e. The first-order valence-corrected chi connectivity index (χ1v) is 11.5. The third-order valence-corrected chi connectivity index (χ3v) is 6.26. The lowest BCUT2D eigenvalue weighted by Crippen LogP contribution is -2.27. The average Bonchev–Trinajstić information content (AvgIpc) is 3.07. The summed E-state index contributed by atoms with van der Waals surface area (Å²) in [5.41, 5.74) is 2.25. The Hall–Kier alpha value is -3.43. The lowest BCUT2D eigenvalue weighted by molar-refractivity contribution is -0.384. The Bertz CT molecular complexity index is 1250. The highest BCUT2D eigenvalue weighted by molar-refractivity contribution is 9.10. The van der Waals surface area contributed by atoms with Crippen LogP contribution in [-0.2, 0) is 17.9 Å². The van der Waals surface area contributed by atoms with Gasteiger partial charge in [-0.1, -0.05) is 58.4 Å². The first kappa shape index (κ1) is 22.8. The van der Waals surface area contributed by atoms with E-state index in [1.165, 1.54) is 24.3 Å². The first-order chi connectivity index (χ1) is 15.9. The number of hydrogen-bond acceptors (Lipinski definition) is 6. The van der Waals surface area contributed by atoms with Gasteiger partial charge in [-0.15, -0.1) is 0 Å². The zero-order chi connectivity index (χ0) is 23.4. The van der Waals surface area contributed by atoms with Crippen LogP contribution in [0, 0.1) is 10.1 Å². The van der Waals surface area contributed by atoms with Crippen LogP contribution in [0.15, 0.2) is 82.2 Å². The van der Waals surface area contributed by atoms with Crippen molar-refractivity contribution in [2.75, 3.05) is 0 Å². The third kappa shape index (κ3) is 5.50. The van der Waals surface area contributed by atoms with Crippen LogP contribution in [0.4, 0.5) is 10.5 Å². The molecule has 33 heavy (non-hydrogen) atoms. The molecule has 0 radical (unpaired) electrons. The normalized spacial score (nSPS) is 14.7. The topological polar surface area (TPSA) is 89.8 Å². The van der Waals surface area contributed by atoms with Crippen molar-refractivity contribution in [2.24, 2.45) is 0 Å². The predicted octanol–water partition coefficient (Wildman–Crippen LogP) is 6.17. The average molecular weight is 525 g/mol. The molecule has 4 rings (SSSR count). The highest BCUT2D eigenvalue weighted by Crippen LogP contribution is 2.36. The standard InChI is InChI=1S/C24H17BrN2O5S/c25-19-8-11-21(32-15-17-4-2-1-3-5-17)18(12-19)13-22-23(28)26(24(29)33-22)14-16-6-9-20(10-7-16)27(30)31/h1-13H,14-15H2/b22-13+. The predicted molar refractivity (Wildman–Crippen MR) is 130 cm³/mol. The number of nitrogens with zero attached hydrogens (tertiary/aromatic N) is 2. The van der Waals surface area contributed by atoms with Crippen molar-refractivity contribution in [1.82, 2.24) is 4.90 Å². The van der Waals surface area contributed by atoms with Gasteiger partial charge in [0.2, 0.25) is 0 Å². The Balaban J connectivity index is 1.53. The van der Waals surface area contributed by atoms with Crippen molar-refractivity contribution in [3.8, 4) is 5.75 Å². The number of carbonyl (C=O) groups excluding carboxylic acids is 2. The summed E-state index contributed by atoms with van der Waals surface area (Å²) < 4.78 is 6.78. The number of nitro groups is 1. The molecule has 0 aromatic heterocycles. The Labute approximate surface area is 202 Å². The molecule has 0 spiro atoms. The molecule has 0 unspecified atom stereocenters. The highest BCUT2D eigenvalue weighted by Gasteiger charge is 2.35. The minimum atomic E-state index is -0.498. The number of halogens is 1. The molecular weight excluding hydrogens is 508 g/mol. The van der Waals surface area contributed by atoms with E-state index in [4.69, 9.17) is 4.74 Å². The van der Waals surface area contributed by atoms with E-state index >= 15 is 0 Å². The third-order valence-electron chi connectivity index (χ3n) is 4.86. The Morgan fingerprint density at radius 3 is 2.42 bits per heavy atom. The summed E-state index contributed by atoms with van der Waals surface area (Å²) in [6.45, 7) is 0.404. The molecule has 3 aromatic carbocycles. The molecule has 1 saturated heterocycles. The zero-order valence-electron chi connectivity index (χ0n) is 17.1. The molecule has 7 nitrogen and oxygen atoms in total. The molecule has 0 aliphatic carbocycles. The number of non-ortho nitro benzene ring substituents is 1. The molecule has 3 aromatic rings. The monoisotopic (exact) mass is 524 g/mol. The second-order valence-electron chi connectivity index (χ2n) is 7.15. The summed E-state index contributed by atoms with van der Waals surface area (Å²) >= 11 is 4.29. The molecule has 0 N–H and O–H groups in total. The quantitative estimate of drug-likeness (QED) is 0.208. The van der Waals surface area contributed by atoms with E-state index in [0.29, 0.717) is 23.5 Å². The van der Waals surface area contributed by atoms with Crippen molar-refractivity contribution in [2.45, 2.75) is 13.2 Å². The number of nitro benzene ring substituents is 1. The van der Waals surface area contributed by atoms with Gasteiger partial charge in [0, 0.05) is 22.2 Å². The molecule has 1 fully saturated rings. The van der Waals surface area contributed by atoms with Crippen LogP contribution >= 0.6 is 27.7 Å². The van der Waals surface area contributed by atoms with Crippen LogP contribution in [0.5, 0.6) is 5.75 Å². The maximum Gasteiger partial charge on any atom is 0.293 e. The fraction of sp³-hybridized carbons (Fsp3) is 0.0833. The van der Waals surface area contributed by atoms with Crippen molar-refractivity contribution in [3.05, 3.63) is 109 Å². The Morgan fingerprint density at radius 2 is 1.73 bits per heavy atom. The van der Waals surface area contributed by atoms with E-state index in [1.807, 2.05) is 42.5 Å². The summed E-state index contributed by atoms with van der Waals surface area (Å²) in [7, 11) is 0. The van der Waals surface area contributed by atoms with E-state index in [2.05, 4.69) is 15.9 Å². The summed E-state index contributed by atoms with van der Waals surface area (Å²) in [6.07, 6.45) is 1.64. The second kappa shape index (κ2) is 10.0. The molecule has 1 heterocycles. The Morgan fingerprint density at radius 1 is 1.00 bits per heavy atom. The molecular formula is C24H17BrN2O5S. The van der Waals surface area contributed by atoms with Gasteiger partial charge in [0.1, 0.15) is 12.4 Å². The Kier molecular flexibility index (Phi) is 6.90. The van der Waals surface area contributed by atoms with E-state index in [1.54, 1.807) is 12.1 Å². The van der Waals surface area contributed by atoms with Crippen LogP contribution in [0.1, 0.15) is 16.7 Å². The van der Waals surface area contributed by atoms with Gasteiger partial charge in [0.25, 0.3) is 16.8 Å². The number of hydrogen-bond donors (Lipinski definition) is 0. The highest BCUT2D eigenvalue weighted by atomic mass is 79.9. The number of thioether (sulfide) groups is 1. The van der Waals surface area contributed by atoms with Gasteiger partial charge in [-0.2, -0.15) is 0 Å². The number of rotatable bonds is 7. The molecule has 0 saturated carbocycles. The first-order valence-electron chi connectivity index (χ1n) is 9.86. The largest absolute Gasteiger partial charge is 0.488 e. The second-order valence-corrected chi connectivity index (χ2v) is 9.06. The maximum absolute atomic E-state index is 12.9. The number of amides is 2. The van der Waals surface area contributed by atoms with Crippen molar-refractivity contribution in [1.29, 1.82) is 0 Å². The number of imide groups is 1. The SMILES string of the molecule is O=C1S/C(=C/c2cc(Br)ccc2OCc2ccccc2)C(=O)N1Cc1ccc([N+](=O)[O-])cc1. The van der Waals surface area contributed by atoms with Crippen LogP contribution in [0.25, 0.3) is 6.08 Å². The number of carbonyl (C=O) groups is 2. The van der Waals surface area contributed by atoms with Crippen molar-refractivity contribution < 1.29 is 19.2 Å². The summed E-state index contributed by atoms with van der Waals surface area (Å²) in [4.78, 5) is 37.2.